The zero-order valence-corrected chi connectivity index (χ0v) is 12.1. The first-order valence-electron chi connectivity index (χ1n) is 5.63. The third-order valence-corrected chi connectivity index (χ3v) is 3.29. The SMILES string of the molecule is CCn1ncc(Br)c1C(CCN(C)C)NC. The molecule has 1 heterocycles. The molecule has 0 aromatic carbocycles. The first-order valence-corrected chi connectivity index (χ1v) is 6.42. The van der Waals surface area contributed by atoms with Crippen LogP contribution in [0.1, 0.15) is 25.1 Å². The zero-order chi connectivity index (χ0) is 12.1. The van der Waals surface area contributed by atoms with Crippen LogP contribution in [0.25, 0.3) is 0 Å². The summed E-state index contributed by atoms with van der Waals surface area (Å²) in [7, 11) is 6.19. The highest BCUT2D eigenvalue weighted by Crippen LogP contribution is 2.25. The van der Waals surface area contributed by atoms with Crippen LogP contribution in [0.5, 0.6) is 0 Å². The smallest absolute Gasteiger partial charge is 0.0695 e. The molecule has 0 spiro atoms. The van der Waals surface area contributed by atoms with Crippen LogP contribution in [0.3, 0.4) is 0 Å². The molecule has 0 radical (unpaired) electrons. The molecule has 0 aliphatic heterocycles. The standard InChI is InChI=1S/C11H21BrN4/c1-5-16-11(9(12)8-14-16)10(13-2)6-7-15(3)4/h8,10,13H,5-7H2,1-4H3. The van der Waals surface area contributed by atoms with E-state index in [0.717, 1.165) is 24.0 Å². The third-order valence-electron chi connectivity index (χ3n) is 2.68. The Bertz CT molecular complexity index is 322. The van der Waals surface area contributed by atoms with E-state index in [9.17, 15) is 0 Å². The summed E-state index contributed by atoms with van der Waals surface area (Å²) >= 11 is 3.57. The van der Waals surface area contributed by atoms with E-state index in [0.29, 0.717) is 6.04 Å². The minimum atomic E-state index is 0.347. The first-order chi connectivity index (χ1) is 7.60. The molecule has 1 rings (SSSR count). The summed E-state index contributed by atoms with van der Waals surface area (Å²) in [5.41, 5.74) is 1.24. The molecule has 92 valence electrons. The Balaban J connectivity index is 2.81. The van der Waals surface area contributed by atoms with Crippen molar-refractivity contribution < 1.29 is 0 Å². The molecule has 0 aliphatic carbocycles. The van der Waals surface area contributed by atoms with Crippen molar-refractivity contribution in [1.29, 1.82) is 0 Å². The van der Waals surface area contributed by atoms with Crippen molar-refractivity contribution >= 4 is 15.9 Å². The molecule has 1 N–H and O–H groups in total. The van der Waals surface area contributed by atoms with Crippen LogP contribution in [0.2, 0.25) is 0 Å². The second-order valence-corrected chi connectivity index (χ2v) is 4.98. The topological polar surface area (TPSA) is 33.1 Å². The summed E-state index contributed by atoms with van der Waals surface area (Å²) in [6.07, 6.45) is 2.95. The van der Waals surface area contributed by atoms with Gasteiger partial charge >= 0.3 is 0 Å². The number of aryl methyl sites for hydroxylation is 1. The lowest BCUT2D eigenvalue weighted by atomic mass is 10.1. The van der Waals surface area contributed by atoms with Crippen molar-refractivity contribution in [3.63, 3.8) is 0 Å². The predicted octanol–water partition coefficient (Wildman–Crippen LogP) is 1.88. The predicted molar refractivity (Wildman–Crippen MR) is 70.6 cm³/mol. The van der Waals surface area contributed by atoms with Crippen molar-refractivity contribution in [1.82, 2.24) is 20.0 Å². The minimum absolute atomic E-state index is 0.347. The maximum atomic E-state index is 4.35. The van der Waals surface area contributed by atoms with Gasteiger partial charge in [-0.3, -0.25) is 4.68 Å². The van der Waals surface area contributed by atoms with Crippen molar-refractivity contribution in [2.45, 2.75) is 25.9 Å². The van der Waals surface area contributed by atoms with Gasteiger partial charge in [-0.1, -0.05) is 0 Å². The van der Waals surface area contributed by atoms with Gasteiger partial charge in [-0.15, -0.1) is 0 Å². The second kappa shape index (κ2) is 6.37. The van der Waals surface area contributed by atoms with Gasteiger partial charge < -0.3 is 10.2 Å². The van der Waals surface area contributed by atoms with Crippen LogP contribution in [0.4, 0.5) is 0 Å². The van der Waals surface area contributed by atoms with Gasteiger partial charge in [0, 0.05) is 6.54 Å². The molecular weight excluding hydrogens is 268 g/mol. The molecule has 0 saturated heterocycles. The lowest BCUT2D eigenvalue weighted by Crippen LogP contribution is -2.25. The second-order valence-electron chi connectivity index (χ2n) is 4.13. The minimum Gasteiger partial charge on any atom is -0.312 e. The van der Waals surface area contributed by atoms with E-state index in [1.807, 2.05) is 17.9 Å². The van der Waals surface area contributed by atoms with Crippen LogP contribution in [0.15, 0.2) is 10.7 Å². The maximum absolute atomic E-state index is 4.35. The molecule has 0 aliphatic rings. The molecule has 1 aromatic rings. The fourth-order valence-electron chi connectivity index (χ4n) is 1.78. The number of nitrogens with zero attached hydrogens (tertiary/aromatic N) is 3. The molecule has 0 bridgehead atoms. The Morgan fingerprint density at radius 2 is 2.25 bits per heavy atom. The van der Waals surface area contributed by atoms with Crippen molar-refractivity contribution in [2.24, 2.45) is 0 Å². The average Bonchev–Trinajstić information content (AvgIpc) is 2.61. The molecule has 0 saturated carbocycles. The first kappa shape index (κ1) is 13.7. The largest absolute Gasteiger partial charge is 0.312 e. The highest BCUT2D eigenvalue weighted by molar-refractivity contribution is 9.10. The van der Waals surface area contributed by atoms with Gasteiger partial charge in [0.1, 0.15) is 0 Å². The number of halogens is 1. The van der Waals surface area contributed by atoms with Gasteiger partial charge in [0.25, 0.3) is 0 Å². The number of aromatic nitrogens is 2. The summed E-state index contributed by atoms with van der Waals surface area (Å²) in [4.78, 5) is 2.20. The summed E-state index contributed by atoms with van der Waals surface area (Å²) in [6.45, 7) is 4.08. The summed E-state index contributed by atoms with van der Waals surface area (Å²) in [6, 6.07) is 0.347. The van der Waals surface area contributed by atoms with E-state index in [1.54, 1.807) is 0 Å². The van der Waals surface area contributed by atoms with E-state index in [1.165, 1.54) is 5.69 Å². The van der Waals surface area contributed by atoms with Gasteiger partial charge in [-0.2, -0.15) is 5.10 Å². The van der Waals surface area contributed by atoms with Gasteiger partial charge in [-0.25, -0.2) is 0 Å². The van der Waals surface area contributed by atoms with E-state index in [4.69, 9.17) is 0 Å². The van der Waals surface area contributed by atoms with Gasteiger partial charge in [0.15, 0.2) is 0 Å². The lowest BCUT2D eigenvalue weighted by molar-refractivity contribution is 0.360. The van der Waals surface area contributed by atoms with Gasteiger partial charge in [0.2, 0.25) is 0 Å². The van der Waals surface area contributed by atoms with Crippen LogP contribution < -0.4 is 5.32 Å². The quantitative estimate of drug-likeness (QED) is 0.868. The average molecular weight is 289 g/mol. The monoisotopic (exact) mass is 288 g/mol. The molecule has 1 aromatic heterocycles. The zero-order valence-electron chi connectivity index (χ0n) is 10.5. The van der Waals surface area contributed by atoms with Crippen LogP contribution >= 0.6 is 15.9 Å². The van der Waals surface area contributed by atoms with Crippen molar-refractivity contribution in [3.8, 4) is 0 Å². The van der Waals surface area contributed by atoms with E-state index in [-0.39, 0.29) is 0 Å². The number of nitrogens with one attached hydrogen (secondary N) is 1. The van der Waals surface area contributed by atoms with E-state index in [2.05, 4.69) is 52.3 Å². The maximum Gasteiger partial charge on any atom is 0.0695 e. The summed E-state index contributed by atoms with van der Waals surface area (Å²) < 4.78 is 3.13. The number of rotatable bonds is 6. The number of hydrogen-bond acceptors (Lipinski definition) is 3. The van der Waals surface area contributed by atoms with Crippen LogP contribution in [-0.4, -0.2) is 42.4 Å². The summed E-state index contributed by atoms with van der Waals surface area (Å²) in [5.74, 6) is 0. The summed E-state index contributed by atoms with van der Waals surface area (Å²) in [5, 5.41) is 7.70. The van der Waals surface area contributed by atoms with E-state index < -0.39 is 0 Å². The van der Waals surface area contributed by atoms with Crippen LogP contribution in [-0.2, 0) is 6.54 Å². The Morgan fingerprint density at radius 1 is 1.56 bits per heavy atom. The Labute approximate surface area is 106 Å². The fourth-order valence-corrected chi connectivity index (χ4v) is 2.35. The van der Waals surface area contributed by atoms with Gasteiger partial charge in [0.05, 0.1) is 22.4 Å². The highest BCUT2D eigenvalue weighted by atomic mass is 79.9. The number of hydrogen-bond donors (Lipinski definition) is 1. The van der Waals surface area contributed by atoms with E-state index >= 15 is 0 Å². The van der Waals surface area contributed by atoms with Crippen LogP contribution in [0, 0.1) is 0 Å². The molecule has 0 amide bonds. The Kier molecular flexibility index (Phi) is 5.44. The molecule has 5 heteroatoms. The molecule has 4 nitrogen and oxygen atoms in total. The Hall–Kier alpha value is -0.390. The van der Waals surface area contributed by atoms with Gasteiger partial charge in [-0.05, 0) is 57.0 Å². The molecule has 1 unspecified atom stereocenters. The molecule has 16 heavy (non-hydrogen) atoms. The third kappa shape index (κ3) is 3.30. The Morgan fingerprint density at radius 3 is 2.75 bits per heavy atom. The van der Waals surface area contributed by atoms with Crippen molar-refractivity contribution in [3.05, 3.63) is 16.4 Å². The van der Waals surface area contributed by atoms with Crippen molar-refractivity contribution in [2.75, 3.05) is 27.7 Å². The molecule has 0 fully saturated rings. The normalized spacial score (nSPS) is 13.4. The molecular formula is C11H21BrN4. The highest BCUT2D eigenvalue weighted by Gasteiger charge is 2.17. The lowest BCUT2D eigenvalue weighted by Gasteiger charge is -2.20. The molecule has 1 atom stereocenters. The fraction of sp³-hybridized carbons (Fsp3) is 0.727.